The Hall–Kier alpha value is -1.26. The van der Waals surface area contributed by atoms with Crippen LogP contribution in [0.5, 0.6) is 0 Å². The van der Waals surface area contributed by atoms with Gasteiger partial charge in [0.05, 0.1) is 6.54 Å². The molecule has 5 nitrogen and oxygen atoms in total. The van der Waals surface area contributed by atoms with Gasteiger partial charge in [0.1, 0.15) is 0 Å². The predicted molar refractivity (Wildman–Crippen MR) is 59.6 cm³/mol. The molecular formula is C10H21N3O2. The highest BCUT2D eigenvalue weighted by Gasteiger charge is 2.04. The van der Waals surface area contributed by atoms with Crippen molar-refractivity contribution in [2.75, 3.05) is 13.1 Å². The van der Waals surface area contributed by atoms with Gasteiger partial charge in [-0.3, -0.25) is 4.79 Å². The molecule has 88 valence electrons. The van der Waals surface area contributed by atoms with Gasteiger partial charge < -0.3 is 16.0 Å². The van der Waals surface area contributed by atoms with Crippen molar-refractivity contribution in [2.45, 2.75) is 39.7 Å². The molecule has 0 aromatic rings. The lowest BCUT2D eigenvalue weighted by Gasteiger charge is -2.09. The van der Waals surface area contributed by atoms with Crippen molar-refractivity contribution in [3.05, 3.63) is 0 Å². The summed E-state index contributed by atoms with van der Waals surface area (Å²) in [6.07, 6.45) is 1.99. The molecule has 0 bridgehead atoms. The molecule has 0 fully saturated rings. The van der Waals surface area contributed by atoms with Crippen molar-refractivity contribution in [1.82, 2.24) is 16.0 Å². The molecule has 0 saturated heterocycles. The van der Waals surface area contributed by atoms with E-state index in [1.807, 2.05) is 13.8 Å². The summed E-state index contributed by atoms with van der Waals surface area (Å²) in [7, 11) is 0. The van der Waals surface area contributed by atoms with Gasteiger partial charge in [0, 0.05) is 12.6 Å². The second kappa shape index (κ2) is 8.08. The van der Waals surface area contributed by atoms with Gasteiger partial charge in [-0.25, -0.2) is 4.79 Å². The second-order valence-corrected chi connectivity index (χ2v) is 3.69. The molecule has 0 spiro atoms. The first-order valence-electron chi connectivity index (χ1n) is 5.37. The highest BCUT2D eigenvalue weighted by atomic mass is 16.2. The smallest absolute Gasteiger partial charge is 0.315 e. The molecule has 0 heterocycles. The normalized spacial score (nSPS) is 9.87. The van der Waals surface area contributed by atoms with Crippen LogP contribution in [0.3, 0.4) is 0 Å². The molecule has 5 heteroatoms. The number of amides is 3. The number of urea groups is 1. The van der Waals surface area contributed by atoms with E-state index in [-0.39, 0.29) is 24.5 Å². The van der Waals surface area contributed by atoms with Crippen LogP contribution in [0.4, 0.5) is 4.79 Å². The molecule has 0 aromatic heterocycles. The monoisotopic (exact) mass is 215 g/mol. The van der Waals surface area contributed by atoms with E-state index in [4.69, 9.17) is 0 Å². The number of carbonyl (C=O) groups excluding carboxylic acids is 2. The Bertz CT molecular complexity index is 205. The van der Waals surface area contributed by atoms with E-state index in [9.17, 15) is 9.59 Å². The van der Waals surface area contributed by atoms with E-state index in [1.54, 1.807) is 0 Å². The summed E-state index contributed by atoms with van der Waals surface area (Å²) in [6, 6.07) is -0.190. The molecule has 15 heavy (non-hydrogen) atoms. The van der Waals surface area contributed by atoms with Gasteiger partial charge in [-0.2, -0.15) is 0 Å². The molecule has 0 aliphatic rings. The van der Waals surface area contributed by atoms with Crippen molar-refractivity contribution in [3.63, 3.8) is 0 Å². The van der Waals surface area contributed by atoms with Crippen molar-refractivity contribution in [3.8, 4) is 0 Å². The number of hydrogen-bond donors (Lipinski definition) is 3. The van der Waals surface area contributed by atoms with Crippen molar-refractivity contribution < 1.29 is 9.59 Å². The maximum Gasteiger partial charge on any atom is 0.315 e. The van der Waals surface area contributed by atoms with E-state index < -0.39 is 0 Å². The Balaban J connectivity index is 3.49. The lowest BCUT2D eigenvalue weighted by molar-refractivity contribution is -0.120. The zero-order valence-electron chi connectivity index (χ0n) is 9.72. The SMILES string of the molecule is CCCCNC(=O)NCC(=O)NC(C)C. The molecule has 0 rings (SSSR count). The molecular weight excluding hydrogens is 194 g/mol. The first-order valence-corrected chi connectivity index (χ1v) is 5.37. The predicted octanol–water partition coefficient (Wildman–Crippen LogP) is 0.610. The number of hydrogen-bond acceptors (Lipinski definition) is 2. The summed E-state index contributed by atoms with van der Waals surface area (Å²) in [5.74, 6) is -0.171. The van der Waals surface area contributed by atoms with Gasteiger partial charge in [-0.1, -0.05) is 13.3 Å². The summed E-state index contributed by atoms with van der Waals surface area (Å²) in [5, 5.41) is 7.83. The Morgan fingerprint density at radius 2 is 1.87 bits per heavy atom. The molecule has 3 N–H and O–H groups in total. The number of nitrogens with one attached hydrogen (secondary N) is 3. The van der Waals surface area contributed by atoms with Crippen LogP contribution < -0.4 is 16.0 Å². The van der Waals surface area contributed by atoms with Crippen LogP contribution >= 0.6 is 0 Å². The van der Waals surface area contributed by atoms with Crippen LogP contribution in [-0.2, 0) is 4.79 Å². The fourth-order valence-electron chi connectivity index (χ4n) is 0.975. The van der Waals surface area contributed by atoms with Gasteiger partial charge in [0.25, 0.3) is 0 Å². The topological polar surface area (TPSA) is 70.2 Å². The van der Waals surface area contributed by atoms with E-state index >= 15 is 0 Å². The van der Waals surface area contributed by atoms with Crippen molar-refractivity contribution in [2.24, 2.45) is 0 Å². The van der Waals surface area contributed by atoms with Crippen LogP contribution in [0.25, 0.3) is 0 Å². The summed E-state index contributed by atoms with van der Waals surface area (Å²) in [6.45, 7) is 6.47. The van der Waals surface area contributed by atoms with Crippen LogP contribution in [0.15, 0.2) is 0 Å². The summed E-state index contributed by atoms with van der Waals surface area (Å²) in [5.41, 5.74) is 0. The van der Waals surface area contributed by atoms with E-state index in [1.165, 1.54) is 0 Å². The highest BCUT2D eigenvalue weighted by molar-refractivity contribution is 5.83. The minimum atomic E-state index is -0.289. The lowest BCUT2D eigenvalue weighted by atomic mass is 10.3. The van der Waals surface area contributed by atoms with Gasteiger partial charge in [-0.15, -0.1) is 0 Å². The molecule has 0 aromatic carbocycles. The Kier molecular flexibility index (Phi) is 7.40. The van der Waals surface area contributed by atoms with E-state index in [0.717, 1.165) is 12.8 Å². The molecule has 0 unspecified atom stereocenters. The summed E-state index contributed by atoms with van der Waals surface area (Å²) in [4.78, 5) is 22.2. The molecule has 0 aliphatic heterocycles. The standard InChI is InChI=1S/C10H21N3O2/c1-4-5-6-11-10(15)12-7-9(14)13-8(2)3/h8H,4-7H2,1-3H3,(H,13,14)(H2,11,12,15). The zero-order valence-corrected chi connectivity index (χ0v) is 9.72. The summed E-state index contributed by atoms with van der Waals surface area (Å²) < 4.78 is 0. The van der Waals surface area contributed by atoms with Gasteiger partial charge >= 0.3 is 6.03 Å². The molecule has 0 saturated carbocycles. The third kappa shape index (κ3) is 9.05. The fraction of sp³-hybridized carbons (Fsp3) is 0.800. The maximum atomic E-state index is 11.1. The fourth-order valence-corrected chi connectivity index (χ4v) is 0.975. The third-order valence-corrected chi connectivity index (χ3v) is 1.68. The van der Waals surface area contributed by atoms with Gasteiger partial charge in [0.2, 0.25) is 5.91 Å². The summed E-state index contributed by atoms with van der Waals surface area (Å²) >= 11 is 0. The Labute approximate surface area is 91.0 Å². The molecule has 3 amide bonds. The number of rotatable bonds is 6. The van der Waals surface area contributed by atoms with Crippen LogP contribution in [0.2, 0.25) is 0 Å². The Morgan fingerprint density at radius 3 is 2.40 bits per heavy atom. The molecule has 0 radical (unpaired) electrons. The lowest BCUT2D eigenvalue weighted by Crippen LogP contribution is -2.43. The first-order chi connectivity index (χ1) is 7.06. The maximum absolute atomic E-state index is 11.1. The molecule has 0 atom stereocenters. The third-order valence-electron chi connectivity index (χ3n) is 1.68. The van der Waals surface area contributed by atoms with E-state index in [2.05, 4.69) is 22.9 Å². The van der Waals surface area contributed by atoms with E-state index in [0.29, 0.717) is 6.54 Å². The minimum Gasteiger partial charge on any atom is -0.352 e. The van der Waals surface area contributed by atoms with Crippen molar-refractivity contribution >= 4 is 11.9 Å². The average Bonchev–Trinajstić information content (AvgIpc) is 2.14. The van der Waals surface area contributed by atoms with Crippen molar-refractivity contribution in [1.29, 1.82) is 0 Å². The Morgan fingerprint density at radius 1 is 1.20 bits per heavy atom. The largest absolute Gasteiger partial charge is 0.352 e. The van der Waals surface area contributed by atoms with Crippen LogP contribution in [-0.4, -0.2) is 31.1 Å². The van der Waals surface area contributed by atoms with Crippen LogP contribution in [0.1, 0.15) is 33.6 Å². The van der Waals surface area contributed by atoms with Gasteiger partial charge in [0.15, 0.2) is 0 Å². The number of unbranched alkanes of at least 4 members (excludes halogenated alkanes) is 1. The number of carbonyl (C=O) groups is 2. The zero-order chi connectivity index (χ0) is 11.7. The van der Waals surface area contributed by atoms with Gasteiger partial charge in [-0.05, 0) is 20.3 Å². The van der Waals surface area contributed by atoms with Crippen LogP contribution in [0, 0.1) is 0 Å². The first kappa shape index (κ1) is 13.7. The highest BCUT2D eigenvalue weighted by Crippen LogP contribution is 1.82. The average molecular weight is 215 g/mol. The minimum absolute atomic E-state index is 0.0239. The quantitative estimate of drug-likeness (QED) is 0.568. The second-order valence-electron chi connectivity index (χ2n) is 3.69. The molecule has 0 aliphatic carbocycles.